The van der Waals surface area contributed by atoms with E-state index in [0.29, 0.717) is 31.9 Å². The van der Waals surface area contributed by atoms with Gasteiger partial charge in [0.1, 0.15) is 5.69 Å². The molecule has 4 rings (SSSR count). The van der Waals surface area contributed by atoms with Crippen LogP contribution in [-0.2, 0) is 24.4 Å². The molecule has 0 saturated carbocycles. The van der Waals surface area contributed by atoms with Crippen molar-refractivity contribution in [3.63, 3.8) is 0 Å². The monoisotopic (exact) mass is 488 g/mol. The minimum atomic E-state index is -0.0292. The zero-order valence-corrected chi connectivity index (χ0v) is 21.3. The lowest BCUT2D eigenvalue weighted by atomic mass is 10.1. The molecule has 1 aliphatic heterocycles. The number of aryl methyl sites for hydroxylation is 1. The Labute approximate surface area is 213 Å². The van der Waals surface area contributed by atoms with Crippen molar-refractivity contribution in [1.29, 1.82) is 0 Å². The van der Waals surface area contributed by atoms with Gasteiger partial charge in [0, 0.05) is 70.8 Å². The lowest BCUT2D eigenvalue weighted by molar-refractivity contribution is -0.116. The Balaban J connectivity index is 1.63. The highest BCUT2D eigenvalue weighted by molar-refractivity contribution is 5.94. The molecule has 0 fully saturated rings. The first-order valence-electron chi connectivity index (χ1n) is 12.9. The predicted octanol–water partition coefficient (Wildman–Crippen LogP) is 3.98. The maximum Gasteiger partial charge on any atom is 0.272 e. The van der Waals surface area contributed by atoms with E-state index in [1.54, 1.807) is 23.9 Å². The molecule has 0 N–H and O–H groups in total. The van der Waals surface area contributed by atoms with Crippen molar-refractivity contribution in [3.8, 4) is 0 Å². The third kappa shape index (κ3) is 6.37. The molecule has 3 heterocycles. The summed E-state index contributed by atoms with van der Waals surface area (Å²) in [5.74, 6) is -0.0202. The fourth-order valence-corrected chi connectivity index (χ4v) is 4.81. The van der Waals surface area contributed by atoms with Crippen molar-refractivity contribution < 1.29 is 9.59 Å². The lowest BCUT2D eigenvalue weighted by Crippen LogP contribution is -2.38. The van der Waals surface area contributed by atoms with E-state index in [9.17, 15) is 9.59 Å². The zero-order valence-electron chi connectivity index (χ0n) is 21.3. The second-order valence-electron chi connectivity index (χ2n) is 9.27. The number of anilines is 1. The van der Waals surface area contributed by atoms with Gasteiger partial charge >= 0.3 is 0 Å². The molecule has 0 saturated heterocycles. The van der Waals surface area contributed by atoms with Gasteiger partial charge in [-0.05, 0) is 49.1 Å². The zero-order chi connectivity index (χ0) is 25.3. The fourth-order valence-electron chi connectivity index (χ4n) is 4.81. The highest BCUT2D eigenvalue weighted by Crippen LogP contribution is 2.24. The Bertz CT molecular complexity index is 1150. The van der Waals surface area contributed by atoms with Gasteiger partial charge in [0.05, 0.1) is 5.69 Å². The largest absolute Gasteiger partial charge is 0.333 e. The van der Waals surface area contributed by atoms with E-state index in [4.69, 9.17) is 0 Å². The van der Waals surface area contributed by atoms with Crippen molar-refractivity contribution in [2.24, 2.45) is 0 Å². The summed E-state index contributed by atoms with van der Waals surface area (Å²) in [6, 6.07) is 15.7. The van der Waals surface area contributed by atoms with E-state index >= 15 is 0 Å². The molecule has 0 bridgehead atoms. The molecule has 190 valence electrons. The van der Waals surface area contributed by atoms with Crippen LogP contribution in [0.3, 0.4) is 0 Å². The van der Waals surface area contributed by atoms with Gasteiger partial charge in [-0.3, -0.25) is 24.2 Å². The SMILES string of the molecule is CCCn1nccc1C(=O)N1CCCN(Cc2ccccn2)CCCN(C(C)=O)c2ccccc2C1. The molecule has 0 unspecified atom stereocenters. The maximum absolute atomic E-state index is 13.7. The molecule has 3 aromatic rings. The number of para-hydroxylation sites is 1. The van der Waals surface area contributed by atoms with Gasteiger partial charge in [-0.25, -0.2) is 0 Å². The van der Waals surface area contributed by atoms with Crippen LogP contribution in [0.4, 0.5) is 5.69 Å². The Morgan fingerprint density at radius 1 is 0.917 bits per heavy atom. The molecule has 0 spiro atoms. The number of nitrogens with zero attached hydrogens (tertiary/aromatic N) is 6. The molecular weight excluding hydrogens is 452 g/mol. The second kappa shape index (κ2) is 12.4. The summed E-state index contributed by atoms with van der Waals surface area (Å²) in [6.45, 7) is 8.51. The van der Waals surface area contributed by atoms with Crippen molar-refractivity contribution in [2.75, 3.05) is 31.1 Å². The van der Waals surface area contributed by atoms with Crippen LogP contribution in [0.2, 0.25) is 0 Å². The summed E-state index contributed by atoms with van der Waals surface area (Å²) in [5.41, 5.74) is 3.49. The van der Waals surface area contributed by atoms with Gasteiger partial charge in [-0.1, -0.05) is 31.2 Å². The van der Waals surface area contributed by atoms with E-state index in [1.165, 1.54) is 0 Å². The number of pyridine rings is 1. The number of hydrogen-bond acceptors (Lipinski definition) is 5. The topological polar surface area (TPSA) is 74.6 Å². The molecule has 1 aliphatic rings. The van der Waals surface area contributed by atoms with Crippen LogP contribution in [0.5, 0.6) is 0 Å². The van der Waals surface area contributed by atoms with Gasteiger partial charge < -0.3 is 9.80 Å². The second-order valence-corrected chi connectivity index (χ2v) is 9.27. The number of carbonyl (C=O) groups is 2. The predicted molar refractivity (Wildman–Crippen MR) is 140 cm³/mol. The number of benzene rings is 1. The molecule has 0 radical (unpaired) electrons. The molecule has 0 atom stereocenters. The van der Waals surface area contributed by atoms with Gasteiger partial charge in [0.2, 0.25) is 5.91 Å². The molecular formula is C28H36N6O2. The van der Waals surface area contributed by atoms with Crippen LogP contribution in [0.15, 0.2) is 60.9 Å². The summed E-state index contributed by atoms with van der Waals surface area (Å²) in [6.07, 6.45) is 6.12. The van der Waals surface area contributed by atoms with Crippen molar-refractivity contribution in [2.45, 2.75) is 52.7 Å². The third-order valence-electron chi connectivity index (χ3n) is 6.55. The van der Waals surface area contributed by atoms with E-state index < -0.39 is 0 Å². The molecule has 36 heavy (non-hydrogen) atoms. The van der Waals surface area contributed by atoms with E-state index in [2.05, 4.69) is 21.9 Å². The van der Waals surface area contributed by atoms with Gasteiger partial charge in [-0.15, -0.1) is 0 Å². The van der Waals surface area contributed by atoms with Crippen molar-refractivity contribution in [3.05, 3.63) is 77.9 Å². The van der Waals surface area contributed by atoms with Crippen LogP contribution < -0.4 is 4.90 Å². The summed E-state index contributed by atoms with van der Waals surface area (Å²) >= 11 is 0. The van der Waals surface area contributed by atoms with Crippen molar-refractivity contribution >= 4 is 17.5 Å². The normalized spacial score (nSPS) is 15.6. The molecule has 8 nitrogen and oxygen atoms in total. The highest BCUT2D eigenvalue weighted by Gasteiger charge is 2.24. The summed E-state index contributed by atoms with van der Waals surface area (Å²) in [4.78, 5) is 37.0. The van der Waals surface area contributed by atoms with E-state index in [-0.39, 0.29) is 11.8 Å². The van der Waals surface area contributed by atoms with Crippen molar-refractivity contribution in [1.82, 2.24) is 24.6 Å². The minimum Gasteiger partial charge on any atom is -0.333 e. The number of carbonyl (C=O) groups excluding carboxylic acids is 2. The van der Waals surface area contributed by atoms with Crippen LogP contribution in [0.25, 0.3) is 0 Å². The first kappa shape index (κ1) is 25.6. The summed E-state index contributed by atoms with van der Waals surface area (Å²) < 4.78 is 1.79. The van der Waals surface area contributed by atoms with E-state index in [0.717, 1.165) is 55.8 Å². The van der Waals surface area contributed by atoms with Gasteiger partial charge in [-0.2, -0.15) is 5.10 Å². The molecule has 8 heteroatoms. The molecule has 1 aromatic carbocycles. The standard InChI is InChI=1S/C28H36N6O2/c1-3-16-34-27(13-15-30-34)28(36)32-19-8-17-31(22-25-11-6-7-14-29-25)18-9-20-33(23(2)35)26-12-5-4-10-24(26)21-32/h4-7,10-15H,3,8-9,16-22H2,1-2H3. The van der Waals surface area contributed by atoms with Crippen LogP contribution >= 0.6 is 0 Å². The third-order valence-corrected chi connectivity index (χ3v) is 6.55. The van der Waals surface area contributed by atoms with Crippen LogP contribution in [0.1, 0.15) is 54.9 Å². The Kier molecular flexibility index (Phi) is 8.84. The Morgan fingerprint density at radius 3 is 2.44 bits per heavy atom. The summed E-state index contributed by atoms with van der Waals surface area (Å²) in [7, 11) is 0. The average molecular weight is 489 g/mol. The average Bonchev–Trinajstić information content (AvgIpc) is 3.34. The smallest absolute Gasteiger partial charge is 0.272 e. The van der Waals surface area contributed by atoms with Crippen LogP contribution in [-0.4, -0.2) is 62.6 Å². The number of hydrogen-bond donors (Lipinski definition) is 0. The van der Waals surface area contributed by atoms with Crippen LogP contribution in [0, 0.1) is 0 Å². The van der Waals surface area contributed by atoms with Gasteiger partial charge in [0.15, 0.2) is 0 Å². The number of fused-ring (bicyclic) bond motifs is 1. The quantitative estimate of drug-likeness (QED) is 0.543. The molecule has 2 amide bonds. The van der Waals surface area contributed by atoms with E-state index in [1.807, 2.05) is 58.5 Å². The molecule has 0 aliphatic carbocycles. The Morgan fingerprint density at radius 2 is 1.69 bits per heavy atom. The highest BCUT2D eigenvalue weighted by atomic mass is 16.2. The van der Waals surface area contributed by atoms with Gasteiger partial charge in [0.25, 0.3) is 5.91 Å². The first-order valence-corrected chi connectivity index (χ1v) is 12.9. The number of amides is 2. The minimum absolute atomic E-state index is 0.00897. The Hall–Kier alpha value is -3.52. The number of rotatable bonds is 5. The lowest BCUT2D eigenvalue weighted by Gasteiger charge is -2.31. The molecule has 2 aromatic heterocycles. The maximum atomic E-state index is 13.7. The number of aromatic nitrogens is 3. The first-order chi connectivity index (χ1) is 17.6. The summed E-state index contributed by atoms with van der Waals surface area (Å²) in [5, 5.41) is 4.36. The fraction of sp³-hybridized carbons (Fsp3) is 0.429.